The molecular formula is C25H19Cl2N3O. The van der Waals surface area contributed by atoms with E-state index in [1.165, 1.54) is 0 Å². The van der Waals surface area contributed by atoms with Gasteiger partial charge in [0.25, 0.3) is 5.56 Å². The molecule has 1 aliphatic heterocycles. The number of nitrogens with one attached hydrogen (secondary N) is 2. The van der Waals surface area contributed by atoms with Crippen LogP contribution in [0.4, 0.5) is 0 Å². The lowest BCUT2D eigenvalue weighted by Crippen LogP contribution is -2.21. The average molecular weight is 448 g/mol. The lowest BCUT2D eigenvalue weighted by Gasteiger charge is -2.14. The quantitative estimate of drug-likeness (QED) is 0.411. The second-order valence-electron chi connectivity index (χ2n) is 7.63. The number of nitrogens with zero attached hydrogens (tertiary/aromatic N) is 1. The number of rotatable bonds is 4. The Labute approximate surface area is 189 Å². The number of hydrazone groups is 1. The number of benzene rings is 3. The molecule has 1 unspecified atom stereocenters. The van der Waals surface area contributed by atoms with Gasteiger partial charge in [-0.2, -0.15) is 5.10 Å². The van der Waals surface area contributed by atoms with E-state index in [1.807, 2.05) is 54.6 Å². The van der Waals surface area contributed by atoms with E-state index >= 15 is 0 Å². The highest BCUT2D eigenvalue weighted by Crippen LogP contribution is 2.32. The summed E-state index contributed by atoms with van der Waals surface area (Å²) in [5.41, 5.74) is 8.10. The minimum Gasteiger partial charge on any atom is -0.321 e. The van der Waals surface area contributed by atoms with Crippen molar-refractivity contribution in [2.24, 2.45) is 5.10 Å². The van der Waals surface area contributed by atoms with E-state index in [0.29, 0.717) is 28.5 Å². The van der Waals surface area contributed by atoms with Gasteiger partial charge >= 0.3 is 0 Å². The van der Waals surface area contributed by atoms with Crippen LogP contribution >= 0.6 is 23.2 Å². The number of pyridine rings is 1. The van der Waals surface area contributed by atoms with Gasteiger partial charge in [0.2, 0.25) is 0 Å². The second-order valence-corrected chi connectivity index (χ2v) is 8.47. The van der Waals surface area contributed by atoms with Gasteiger partial charge in [-0.3, -0.25) is 4.79 Å². The fraction of sp³-hybridized carbons (Fsp3) is 0.120. The van der Waals surface area contributed by atoms with Crippen LogP contribution in [-0.4, -0.2) is 10.7 Å². The number of aromatic nitrogens is 1. The molecule has 0 bridgehead atoms. The van der Waals surface area contributed by atoms with Gasteiger partial charge in [0.1, 0.15) is 0 Å². The Kier molecular flexibility index (Phi) is 5.26. The van der Waals surface area contributed by atoms with Gasteiger partial charge in [0.05, 0.1) is 17.3 Å². The SMILES string of the molecule is O=c1[nH]c2ccc(Cl)cc2c(Cc2ccccc2)c1C1=NNC(c2ccccc2Cl)C1. The summed E-state index contributed by atoms with van der Waals surface area (Å²) in [5, 5.41) is 6.78. The van der Waals surface area contributed by atoms with E-state index < -0.39 is 0 Å². The largest absolute Gasteiger partial charge is 0.321 e. The van der Waals surface area contributed by atoms with E-state index in [9.17, 15) is 4.79 Å². The number of hydrogen-bond donors (Lipinski definition) is 2. The molecule has 4 aromatic rings. The van der Waals surface area contributed by atoms with Gasteiger partial charge in [-0.1, -0.05) is 71.7 Å². The molecule has 154 valence electrons. The van der Waals surface area contributed by atoms with Crippen LogP contribution in [0.15, 0.2) is 82.7 Å². The molecule has 6 heteroatoms. The van der Waals surface area contributed by atoms with Gasteiger partial charge < -0.3 is 10.4 Å². The van der Waals surface area contributed by atoms with Crippen molar-refractivity contribution in [3.8, 4) is 0 Å². The number of hydrogen-bond acceptors (Lipinski definition) is 3. The predicted molar refractivity (Wildman–Crippen MR) is 127 cm³/mol. The van der Waals surface area contributed by atoms with Crippen molar-refractivity contribution >= 4 is 39.8 Å². The summed E-state index contributed by atoms with van der Waals surface area (Å²) < 4.78 is 0. The molecule has 2 N–H and O–H groups in total. The number of fused-ring (bicyclic) bond motifs is 1. The third kappa shape index (κ3) is 3.85. The van der Waals surface area contributed by atoms with E-state index in [0.717, 1.165) is 33.3 Å². The van der Waals surface area contributed by atoms with Crippen molar-refractivity contribution in [3.63, 3.8) is 0 Å². The normalized spacial score (nSPS) is 15.7. The molecule has 1 aromatic heterocycles. The van der Waals surface area contributed by atoms with E-state index in [2.05, 4.69) is 27.6 Å². The Bertz CT molecular complexity index is 1360. The van der Waals surface area contributed by atoms with Crippen LogP contribution in [0, 0.1) is 0 Å². The van der Waals surface area contributed by atoms with Gasteiger partial charge in [-0.05, 0) is 47.4 Å². The molecule has 4 nitrogen and oxygen atoms in total. The Balaban J connectivity index is 1.63. The fourth-order valence-corrected chi connectivity index (χ4v) is 4.60. The summed E-state index contributed by atoms with van der Waals surface area (Å²) in [4.78, 5) is 16.2. The van der Waals surface area contributed by atoms with Crippen LogP contribution in [0.25, 0.3) is 10.9 Å². The Morgan fingerprint density at radius 1 is 0.968 bits per heavy atom. The predicted octanol–water partition coefficient (Wildman–Crippen LogP) is 5.86. The third-order valence-electron chi connectivity index (χ3n) is 5.63. The van der Waals surface area contributed by atoms with E-state index in [-0.39, 0.29) is 11.6 Å². The summed E-state index contributed by atoms with van der Waals surface area (Å²) in [6, 6.07) is 23.2. The third-order valence-corrected chi connectivity index (χ3v) is 6.21. The lowest BCUT2D eigenvalue weighted by molar-refractivity contribution is 0.620. The molecule has 1 aliphatic rings. The van der Waals surface area contributed by atoms with Crippen LogP contribution in [0.2, 0.25) is 10.0 Å². The van der Waals surface area contributed by atoms with Crippen LogP contribution in [0.3, 0.4) is 0 Å². The highest BCUT2D eigenvalue weighted by atomic mass is 35.5. The Morgan fingerprint density at radius 2 is 1.74 bits per heavy atom. The van der Waals surface area contributed by atoms with Gasteiger partial charge in [-0.15, -0.1) is 0 Å². The van der Waals surface area contributed by atoms with Crippen LogP contribution in [-0.2, 0) is 6.42 Å². The maximum atomic E-state index is 13.2. The van der Waals surface area contributed by atoms with Gasteiger partial charge in [0.15, 0.2) is 0 Å². The average Bonchev–Trinajstić information content (AvgIpc) is 3.25. The Morgan fingerprint density at radius 3 is 2.55 bits per heavy atom. The topological polar surface area (TPSA) is 57.2 Å². The number of H-pyrrole nitrogens is 1. The first-order chi connectivity index (χ1) is 15.1. The summed E-state index contributed by atoms with van der Waals surface area (Å²) in [6.45, 7) is 0. The molecule has 1 atom stereocenters. The molecular weight excluding hydrogens is 429 g/mol. The highest BCUT2D eigenvalue weighted by Gasteiger charge is 2.27. The van der Waals surface area contributed by atoms with Crippen molar-refractivity contribution in [3.05, 3.63) is 115 Å². The second kappa shape index (κ2) is 8.22. The first kappa shape index (κ1) is 19.9. The molecule has 31 heavy (non-hydrogen) atoms. The molecule has 0 saturated carbocycles. The van der Waals surface area contributed by atoms with Crippen molar-refractivity contribution in [2.45, 2.75) is 18.9 Å². The minimum atomic E-state index is -0.152. The fourth-order valence-electron chi connectivity index (χ4n) is 4.16. The number of halogens is 2. The van der Waals surface area contributed by atoms with Crippen molar-refractivity contribution in [1.82, 2.24) is 10.4 Å². The molecule has 0 spiro atoms. The lowest BCUT2D eigenvalue weighted by atomic mass is 9.91. The first-order valence-electron chi connectivity index (χ1n) is 10.1. The summed E-state index contributed by atoms with van der Waals surface area (Å²) in [7, 11) is 0. The highest BCUT2D eigenvalue weighted by molar-refractivity contribution is 6.31. The maximum Gasteiger partial charge on any atom is 0.257 e. The molecule has 5 rings (SSSR count). The molecule has 0 aliphatic carbocycles. The zero-order valence-corrected chi connectivity index (χ0v) is 18.0. The van der Waals surface area contributed by atoms with E-state index in [1.54, 1.807) is 6.07 Å². The van der Waals surface area contributed by atoms with Crippen molar-refractivity contribution in [1.29, 1.82) is 0 Å². The monoisotopic (exact) mass is 447 g/mol. The molecule has 0 amide bonds. The standard InChI is InChI=1S/C25H19Cl2N3O/c26-16-10-11-21-18(13-16)19(12-15-6-2-1-3-7-15)24(25(31)28-21)23-14-22(29-30-23)17-8-4-5-9-20(17)27/h1-11,13,22,29H,12,14H2,(H,28,31). The zero-order valence-electron chi connectivity index (χ0n) is 16.5. The molecule has 3 aromatic carbocycles. The molecule has 2 heterocycles. The van der Waals surface area contributed by atoms with Gasteiger partial charge in [0, 0.05) is 27.4 Å². The van der Waals surface area contributed by atoms with Crippen LogP contribution in [0.5, 0.6) is 0 Å². The zero-order chi connectivity index (χ0) is 21.4. The molecule has 0 radical (unpaired) electrons. The van der Waals surface area contributed by atoms with Crippen LogP contribution in [0.1, 0.15) is 34.7 Å². The summed E-state index contributed by atoms with van der Waals surface area (Å²) in [6.07, 6.45) is 1.17. The smallest absolute Gasteiger partial charge is 0.257 e. The number of aromatic amines is 1. The summed E-state index contributed by atoms with van der Waals surface area (Å²) in [5.74, 6) is 0. The Hall–Kier alpha value is -3.08. The molecule has 0 fully saturated rings. The van der Waals surface area contributed by atoms with Crippen molar-refractivity contribution < 1.29 is 0 Å². The molecule has 0 saturated heterocycles. The van der Waals surface area contributed by atoms with Crippen molar-refractivity contribution in [2.75, 3.05) is 0 Å². The van der Waals surface area contributed by atoms with E-state index in [4.69, 9.17) is 23.2 Å². The van der Waals surface area contributed by atoms with Gasteiger partial charge in [-0.25, -0.2) is 0 Å². The maximum absolute atomic E-state index is 13.2. The minimum absolute atomic E-state index is 0.0808. The van der Waals surface area contributed by atoms with Crippen LogP contribution < -0.4 is 11.0 Å². The first-order valence-corrected chi connectivity index (χ1v) is 10.8. The summed E-state index contributed by atoms with van der Waals surface area (Å²) >= 11 is 12.7.